The number of hydrogen-bond donors (Lipinski definition) is 1. The quantitative estimate of drug-likeness (QED) is 0.858. The summed E-state index contributed by atoms with van der Waals surface area (Å²) >= 11 is 0. The molecule has 1 heterocycles. The molecule has 5 nitrogen and oxygen atoms in total. The van der Waals surface area contributed by atoms with Crippen molar-refractivity contribution in [3.8, 4) is 5.75 Å². The third kappa shape index (κ3) is 2.45. The molecule has 19 heavy (non-hydrogen) atoms. The Hall–Kier alpha value is -2.30. The van der Waals surface area contributed by atoms with Gasteiger partial charge >= 0.3 is 5.97 Å². The number of aryl methyl sites for hydroxylation is 1. The third-order valence-electron chi connectivity index (χ3n) is 2.84. The van der Waals surface area contributed by atoms with E-state index < -0.39 is 5.97 Å². The van der Waals surface area contributed by atoms with Gasteiger partial charge in [0.25, 0.3) is 0 Å². The van der Waals surface area contributed by atoms with Crippen molar-refractivity contribution < 1.29 is 14.3 Å². The molecule has 0 atom stereocenters. The standard InChI is InChI=1S/C14H15NO4/c1-4-19-14(17)11-7-12(16)10-6-9(18-3)5-8(2)13(10)15-11/h5-7H,4H2,1-3H3,(H,15,16). The summed E-state index contributed by atoms with van der Waals surface area (Å²) in [5, 5.41) is 0.491. The second-order valence-corrected chi connectivity index (χ2v) is 4.13. The monoisotopic (exact) mass is 261 g/mol. The van der Waals surface area contributed by atoms with Gasteiger partial charge < -0.3 is 14.5 Å². The molecule has 0 aliphatic carbocycles. The van der Waals surface area contributed by atoms with E-state index in [2.05, 4.69) is 4.98 Å². The van der Waals surface area contributed by atoms with Crippen LogP contribution in [0.3, 0.4) is 0 Å². The number of pyridine rings is 1. The van der Waals surface area contributed by atoms with E-state index in [1.54, 1.807) is 26.2 Å². The molecule has 2 rings (SSSR count). The van der Waals surface area contributed by atoms with E-state index in [4.69, 9.17) is 9.47 Å². The normalized spacial score (nSPS) is 10.5. The van der Waals surface area contributed by atoms with E-state index in [9.17, 15) is 9.59 Å². The second-order valence-electron chi connectivity index (χ2n) is 4.13. The number of nitrogens with one attached hydrogen (secondary N) is 1. The van der Waals surface area contributed by atoms with E-state index >= 15 is 0 Å². The number of H-pyrrole nitrogens is 1. The van der Waals surface area contributed by atoms with Gasteiger partial charge in [0.2, 0.25) is 0 Å². The van der Waals surface area contributed by atoms with Gasteiger partial charge in [-0.25, -0.2) is 4.79 Å². The highest BCUT2D eigenvalue weighted by Crippen LogP contribution is 2.21. The average Bonchev–Trinajstić information content (AvgIpc) is 2.39. The van der Waals surface area contributed by atoms with Crippen molar-refractivity contribution in [1.82, 2.24) is 4.98 Å². The van der Waals surface area contributed by atoms with Crippen LogP contribution >= 0.6 is 0 Å². The lowest BCUT2D eigenvalue weighted by Gasteiger charge is -2.08. The number of esters is 1. The molecule has 1 aromatic heterocycles. The van der Waals surface area contributed by atoms with Crippen LogP contribution < -0.4 is 10.2 Å². The summed E-state index contributed by atoms with van der Waals surface area (Å²) in [6, 6.07) is 4.70. The molecule has 0 unspecified atom stereocenters. The van der Waals surface area contributed by atoms with Crippen molar-refractivity contribution in [3.05, 3.63) is 39.7 Å². The Morgan fingerprint density at radius 1 is 1.32 bits per heavy atom. The van der Waals surface area contributed by atoms with Crippen molar-refractivity contribution in [3.63, 3.8) is 0 Å². The Balaban J connectivity index is 2.67. The number of aromatic amines is 1. The third-order valence-corrected chi connectivity index (χ3v) is 2.84. The molecular weight excluding hydrogens is 246 g/mol. The lowest BCUT2D eigenvalue weighted by atomic mass is 10.1. The van der Waals surface area contributed by atoms with Crippen LogP contribution in [0.5, 0.6) is 5.75 Å². The lowest BCUT2D eigenvalue weighted by molar-refractivity contribution is 0.0520. The van der Waals surface area contributed by atoms with Crippen LogP contribution in [0.1, 0.15) is 23.0 Å². The minimum absolute atomic E-state index is 0.160. The summed E-state index contributed by atoms with van der Waals surface area (Å²) in [5.41, 5.74) is 1.38. The molecule has 5 heteroatoms. The van der Waals surface area contributed by atoms with Gasteiger partial charge in [-0.3, -0.25) is 4.79 Å². The zero-order valence-corrected chi connectivity index (χ0v) is 11.1. The largest absolute Gasteiger partial charge is 0.497 e. The highest BCUT2D eigenvalue weighted by atomic mass is 16.5. The molecule has 0 saturated carbocycles. The molecule has 1 N–H and O–H groups in total. The lowest BCUT2D eigenvalue weighted by Crippen LogP contribution is -2.13. The van der Waals surface area contributed by atoms with E-state index in [1.165, 1.54) is 6.07 Å². The van der Waals surface area contributed by atoms with Gasteiger partial charge in [-0.05, 0) is 31.5 Å². The first-order valence-electron chi connectivity index (χ1n) is 5.95. The zero-order chi connectivity index (χ0) is 14.0. The molecule has 0 radical (unpaired) electrons. The Morgan fingerprint density at radius 2 is 2.05 bits per heavy atom. The van der Waals surface area contributed by atoms with E-state index in [0.717, 1.165) is 5.56 Å². The van der Waals surface area contributed by atoms with Crippen LogP contribution in [0, 0.1) is 6.92 Å². The van der Waals surface area contributed by atoms with Gasteiger partial charge in [-0.15, -0.1) is 0 Å². The number of ether oxygens (including phenoxy) is 2. The van der Waals surface area contributed by atoms with Crippen molar-refractivity contribution >= 4 is 16.9 Å². The minimum Gasteiger partial charge on any atom is -0.497 e. The summed E-state index contributed by atoms with van der Waals surface area (Å²) in [4.78, 5) is 26.6. The van der Waals surface area contributed by atoms with Crippen LogP contribution in [0.25, 0.3) is 10.9 Å². The number of carbonyl (C=O) groups is 1. The second kappa shape index (κ2) is 5.14. The van der Waals surface area contributed by atoms with Crippen LogP contribution in [0.2, 0.25) is 0 Å². The Kier molecular flexibility index (Phi) is 3.55. The molecule has 0 saturated heterocycles. The highest BCUT2D eigenvalue weighted by Gasteiger charge is 2.12. The SMILES string of the molecule is CCOC(=O)c1cc(=O)c2cc(OC)cc(C)c2[nH]1. The molecule has 0 aliphatic heterocycles. The van der Waals surface area contributed by atoms with E-state index in [0.29, 0.717) is 16.7 Å². The summed E-state index contributed by atoms with van der Waals surface area (Å²) in [6.45, 7) is 3.82. The van der Waals surface area contributed by atoms with E-state index in [-0.39, 0.29) is 17.7 Å². The smallest absolute Gasteiger partial charge is 0.354 e. The van der Waals surface area contributed by atoms with E-state index in [1.807, 2.05) is 6.92 Å². The topological polar surface area (TPSA) is 68.4 Å². The van der Waals surface area contributed by atoms with Crippen molar-refractivity contribution in [2.45, 2.75) is 13.8 Å². The van der Waals surface area contributed by atoms with Crippen molar-refractivity contribution in [2.75, 3.05) is 13.7 Å². The maximum Gasteiger partial charge on any atom is 0.354 e. The van der Waals surface area contributed by atoms with Crippen LogP contribution in [0.4, 0.5) is 0 Å². The predicted octanol–water partition coefficient (Wildman–Crippen LogP) is 2.02. The molecule has 0 amide bonds. The fourth-order valence-corrected chi connectivity index (χ4v) is 1.93. The molecule has 2 aromatic rings. The number of rotatable bonds is 3. The molecule has 100 valence electrons. The zero-order valence-electron chi connectivity index (χ0n) is 11.1. The number of carbonyl (C=O) groups excluding carboxylic acids is 1. The maximum absolute atomic E-state index is 12.0. The van der Waals surface area contributed by atoms with Gasteiger partial charge in [0, 0.05) is 11.5 Å². The number of hydrogen-bond acceptors (Lipinski definition) is 4. The minimum atomic E-state index is -0.531. The van der Waals surface area contributed by atoms with Crippen LogP contribution in [-0.4, -0.2) is 24.7 Å². The Labute approximate surface area is 110 Å². The number of methoxy groups -OCH3 is 1. The highest BCUT2D eigenvalue weighted by molar-refractivity contribution is 5.92. The van der Waals surface area contributed by atoms with Gasteiger partial charge in [0.1, 0.15) is 11.4 Å². The molecule has 0 fully saturated rings. The number of aromatic nitrogens is 1. The summed E-state index contributed by atoms with van der Waals surface area (Å²) in [5.74, 6) is 0.0797. The maximum atomic E-state index is 12.0. The number of benzene rings is 1. The Morgan fingerprint density at radius 3 is 2.68 bits per heavy atom. The van der Waals surface area contributed by atoms with Crippen molar-refractivity contribution in [2.24, 2.45) is 0 Å². The summed E-state index contributed by atoms with van der Waals surface area (Å²) in [6.07, 6.45) is 0. The Bertz CT molecular complexity index is 688. The van der Waals surface area contributed by atoms with Crippen LogP contribution in [0.15, 0.2) is 23.0 Å². The first-order valence-corrected chi connectivity index (χ1v) is 5.95. The molecule has 0 spiro atoms. The van der Waals surface area contributed by atoms with Gasteiger partial charge in [-0.1, -0.05) is 0 Å². The average molecular weight is 261 g/mol. The molecule has 1 aromatic carbocycles. The molecular formula is C14H15NO4. The molecule has 0 aliphatic rings. The number of fused-ring (bicyclic) bond motifs is 1. The molecule has 0 bridgehead atoms. The summed E-state index contributed by atoms with van der Waals surface area (Å²) < 4.78 is 10.0. The first-order chi connectivity index (χ1) is 9.06. The first kappa shape index (κ1) is 13.1. The van der Waals surface area contributed by atoms with Gasteiger partial charge in [-0.2, -0.15) is 0 Å². The predicted molar refractivity (Wildman–Crippen MR) is 71.8 cm³/mol. The summed E-state index contributed by atoms with van der Waals surface area (Å²) in [7, 11) is 1.54. The van der Waals surface area contributed by atoms with Gasteiger partial charge in [0.05, 0.1) is 19.2 Å². The van der Waals surface area contributed by atoms with Crippen molar-refractivity contribution in [1.29, 1.82) is 0 Å². The fraction of sp³-hybridized carbons (Fsp3) is 0.286. The van der Waals surface area contributed by atoms with Gasteiger partial charge in [0.15, 0.2) is 5.43 Å². The van der Waals surface area contributed by atoms with Crippen LogP contribution in [-0.2, 0) is 4.74 Å². The fourth-order valence-electron chi connectivity index (χ4n) is 1.93.